The van der Waals surface area contributed by atoms with Gasteiger partial charge in [0.2, 0.25) is 0 Å². The maximum atomic E-state index is 12.6. The molecule has 144 valence electrons. The molecular weight excluding hydrogens is 377 g/mol. The Morgan fingerprint density at radius 2 is 1.52 bits per heavy atom. The first-order valence-corrected chi connectivity index (χ1v) is 9.14. The van der Waals surface area contributed by atoms with Crippen molar-refractivity contribution >= 4 is 17.5 Å². The van der Waals surface area contributed by atoms with Crippen LogP contribution in [0.1, 0.15) is 21.5 Å². The highest BCUT2D eigenvalue weighted by molar-refractivity contribution is 6.30. The molecule has 0 radical (unpaired) electrons. The van der Waals surface area contributed by atoms with Crippen LogP contribution in [0.4, 0.5) is 13.2 Å². The van der Waals surface area contributed by atoms with Gasteiger partial charge in [-0.1, -0.05) is 23.7 Å². The van der Waals surface area contributed by atoms with E-state index in [1.54, 1.807) is 4.90 Å². The van der Waals surface area contributed by atoms with Crippen LogP contribution in [0.5, 0.6) is 0 Å². The summed E-state index contributed by atoms with van der Waals surface area (Å²) in [5.41, 5.74) is 0.756. The van der Waals surface area contributed by atoms with E-state index in [4.69, 9.17) is 11.6 Å². The van der Waals surface area contributed by atoms with E-state index in [0.29, 0.717) is 18.1 Å². The fourth-order valence-electron chi connectivity index (χ4n) is 3.10. The fourth-order valence-corrected chi connectivity index (χ4v) is 3.22. The monoisotopic (exact) mass is 396 g/mol. The van der Waals surface area contributed by atoms with Crippen molar-refractivity contribution in [3.05, 3.63) is 70.2 Å². The number of benzene rings is 2. The number of amides is 1. The lowest BCUT2D eigenvalue weighted by Gasteiger charge is -2.34. The number of rotatable bonds is 4. The lowest BCUT2D eigenvalue weighted by atomic mass is 10.1. The van der Waals surface area contributed by atoms with Gasteiger partial charge < -0.3 is 4.90 Å². The number of alkyl halides is 3. The lowest BCUT2D eigenvalue weighted by Crippen LogP contribution is -2.49. The molecule has 0 atom stereocenters. The maximum absolute atomic E-state index is 12.6. The molecule has 1 saturated heterocycles. The second-order valence-corrected chi connectivity index (χ2v) is 7.02. The number of piperazine rings is 1. The molecule has 1 amide bonds. The second-order valence-electron chi connectivity index (χ2n) is 6.59. The highest BCUT2D eigenvalue weighted by Crippen LogP contribution is 2.29. The van der Waals surface area contributed by atoms with Crippen LogP contribution in [0.2, 0.25) is 5.02 Å². The largest absolute Gasteiger partial charge is 0.416 e. The Hall–Kier alpha value is -2.05. The Labute approximate surface area is 161 Å². The topological polar surface area (TPSA) is 23.6 Å². The fraction of sp³-hybridized carbons (Fsp3) is 0.350. The number of hydrogen-bond acceptors (Lipinski definition) is 2. The van der Waals surface area contributed by atoms with Crippen molar-refractivity contribution in [2.45, 2.75) is 12.6 Å². The molecule has 3 nitrogen and oxygen atoms in total. The number of carbonyl (C=O) groups is 1. The summed E-state index contributed by atoms with van der Waals surface area (Å²) < 4.78 is 37.9. The molecule has 7 heteroatoms. The van der Waals surface area contributed by atoms with Crippen molar-refractivity contribution < 1.29 is 18.0 Å². The predicted molar refractivity (Wildman–Crippen MR) is 98.9 cm³/mol. The Morgan fingerprint density at radius 1 is 0.926 bits per heavy atom. The van der Waals surface area contributed by atoms with Crippen molar-refractivity contribution in [3.8, 4) is 0 Å². The van der Waals surface area contributed by atoms with Gasteiger partial charge in [-0.15, -0.1) is 0 Å². The average molecular weight is 397 g/mol. The Balaban J connectivity index is 1.49. The molecule has 0 spiro atoms. The standard InChI is InChI=1S/C20H20ClF3N2O/c21-18-7-1-15(2-8-18)9-10-25-11-13-26(14-12-25)19(27)16-3-5-17(6-4-16)20(22,23)24/h1-8H,9-14H2. The third-order valence-corrected chi connectivity index (χ3v) is 5.00. The van der Waals surface area contributed by atoms with E-state index in [-0.39, 0.29) is 11.5 Å². The molecule has 0 aliphatic carbocycles. The molecule has 2 aromatic carbocycles. The summed E-state index contributed by atoms with van der Waals surface area (Å²) in [4.78, 5) is 16.5. The lowest BCUT2D eigenvalue weighted by molar-refractivity contribution is -0.137. The molecule has 1 aliphatic rings. The number of carbonyl (C=O) groups excluding carboxylic acids is 1. The van der Waals surface area contributed by atoms with E-state index in [9.17, 15) is 18.0 Å². The Kier molecular flexibility index (Phi) is 6.07. The van der Waals surface area contributed by atoms with Gasteiger partial charge in [-0.05, 0) is 48.4 Å². The van der Waals surface area contributed by atoms with Gasteiger partial charge in [0.05, 0.1) is 5.56 Å². The van der Waals surface area contributed by atoms with Gasteiger partial charge in [0.15, 0.2) is 0 Å². The summed E-state index contributed by atoms with van der Waals surface area (Å²) in [6, 6.07) is 12.2. The van der Waals surface area contributed by atoms with Crippen molar-refractivity contribution in [1.29, 1.82) is 0 Å². The van der Waals surface area contributed by atoms with Crippen LogP contribution in [0.15, 0.2) is 48.5 Å². The van der Waals surface area contributed by atoms with E-state index in [1.165, 1.54) is 17.7 Å². The normalized spacial score (nSPS) is 15.8. The molecule has 27 heavy (non-hydrogen) atoms. The number of hydrogen-bond donors (Lipinski definition) is 0. The van der Waals surface area contributed by atoms with Crippen LogP contribution < -0.4 is 0 Å². The van der Waals surface area contributed by atoms with E-state index in [1.807, 2.05) is 24.3 Å². The van der Waals surface area contributed by atoms with Gasteiger partial charge in [0.25, 0.3) is 5.91 Å². The molecule has 1 heterocycles. The zero-order valence-corrected chi connectivity index (χ0v) is 15.4. The van der Waals surface area contributed by atoms with Gasteiger partial charge in [-0.25, -0.2) is 0 Å². The van der Waals surface area contributed by atoms with E-state index < -0.39 is 11.7 Å². The molecule has 1 aliphatic heterocycles. The molecular formula is C20H20ClF3N2O. The van der Waals surface area contributed by atoms with Crippen LogP contribution >= 0.6 is 11.6 Å². The molecule has 3 rings (SSSR count). The average Bonchev–Trinajstić information content (AvgIpc) is 2.67. The summed E-state index contributed by atoms with van der Waals surface area (Å²) in [6.45, 7) is 3.53. The zero-order chi connectivity index (χ0) is 19.4. The summed E-state index contributed by atoms with van der Waals surface area (Å²) in [6.07, 6.45) is -3.48. The van der Waals surface area contributed by atoms with Gasteiger partial charge in [0, 0.05) is 43.3 Å². The molecule has 0 unspecified atom stereocenters. The minimum atomic E-state index is -4.39. The molecule has 2 aromatic rings. The molecule has 0 saturated carbocycles. The second kappa shape index (κ2) is 8.31. The number of nitrogens with zero attached hydrogens (tertiary/aromatic N) is 2. The van der Waals surface area contributed by atoms with Gasteiger partial charge in [-0.2, -0.15) is 13.2 Å². The maximum Gasteiger partial charge on any atom is 0.416 e. The Bertz CT molecular complexity index is 767. The van der Waals surface area contributed by atoms with Crippen molar-refractivity contribution in [3.63, 3.8) is 0 Å². The van der Waals surface area contributed by atoms with Gasteiger partial charge >= 0.3 is 6.18 Å². The predicted octanol–water partition coefficient (Wildman–Crippen LogP) is 4.36. The minimum Gasteiger partial charge on any atom is -0.336 e. The molecule has 0 N–H and O–H groups in total. The third-order valence-electron chi connectivity index (χ3n) is 4.75. The first-order valence-electron chi connectivity index (χ1n) is 8.76. The number of halogens is 4. The highest BCUT2D eigenvalue weighted by Gasteiger charge is 2.30. The first kappa shape index (κ1) is 19.7. The summed E-state index contributed by atoms with van der Waals surface area (Å²) >= 11 is 5.88. The quantitative estimate of drug-likeness (QED) is 0.766. The van der Waals surface area contributed by atoms with E-state index in [0.717, 1.165) is 38.2 Å². The van der Waals surface area contributed by atoms with Gasteiger partial charge in [-0.3, -0.25) is 9.69 Å². The van der Waals surface area contributed by atoms with Crippen LogP contribution in [0, 0.1) is 0 Å². The Morgan fingerprint density at radius 3 is 2.07 bits per heavy atom. The van der Waals surface area contributed by atoms with E-state index >= 15 is 0 Å². The van der Waals surface area contributed by atoms with Crippen LogP contribution in [0.3, 0.4) is 0 Å². The smallest absolute Gasteiger partial charge is 0.336 e. The van der Waals surface area contributed by atoms with E-state index in [2.05, 4.69) is 4.90 Å². The first-order chi connectivity index (χ1) is 12.8. The SMILES string of the molecule is O=C(c1ccc(C(F)(F)F)cc1)N1CCN(CCc2ccc(Cl)cc2)CC1. The third kappa shape index (κ3) is 5.23. The van der Waals surface area contributed by atoms with Crippen LogP contribution in [0.25, 0.3) is 0 Å². The van der Waals surface area contributed by atoms with Gasteiger partial charge in [0.1, 0.15) is 0 Å². The summed E-state index contributed by atoms with van der Waals surface area (Å²) in [5, 5.41) is 0.717. The van der Waals surface area contributed by atoms with Crippen molar-refractivity contribution in [2.24, 2.45) is 0 Å². The molecule has 0 bridgehead atoms. The van der Waals surface area contributed by atoms with Crippen LogP contribution in [-0.4, -0.2) is 48.4 Å². The van der Waals surface area contributed by atoms with Crippen molar-refractivity contribution in [1.82, 2.24) is 9.80 Å². The summed E-state index contributed by atoms with van der Waals surface area (Å²) in [7, 11) is 0. The van der Waals surface area contributed by atoms with Crippen LogP contribution in [-0.2, 0) is 12.6 Å². The molecule has 1 fully saturated rings. The summed E-state index contributed by atoms with van der Waals surface area (Å²) in [5.74, 6) is -0.221. The minimum absolute atomic E-state index is 0.221. The molecule has 0 aromatic heterocycles. The van der Waals surface area contributed by atoms with Crippen molar-refractivity contribution in [2.75, 3.05) is 32.7 Å². The highest BCUT2D eigenvalue weighted by atomic mass is 35.5. The zero-order valence-electron chi connectivity index (χ0n) is 14.7.